The molecule has 1 N–H and O–H groups in total. The van der Waals surface area contributed by atoms with Gasteiger partial charge < -0.3 is 9.84 Å². The molecule has 0 saturated carbocycles. The summed E-state index contributed by atoms with van der Waals surface area (Å²) in [4.78, 5) is 11.1. The van der Waals surface area contributed by atoms with E-state index >= 15 is 0 Å². The molecule has 21 heavy (non-hydrogen) atoms. The summed E-state index contributed by atoms with van der Waals surface area (Å²) in [6.07, 6.45) is 0. The molecule has 5 heteroatoms. The molecule has 0 fully saturated rings. The van der Waals surface area contributed by atoms with Crippen molar-refractivity contribution >= 4 is 5.97 Å². The van der Waals surface area contributed by atoms with Gasteiger partial charge in [-0.2, -0.15) is 5.10 Å². The number of aromatic carboxylic acids is 1. The van der Waals surface area contributed by atoms with Gasteiger partial charge in [-0.1, -0.05) is 26.0 Å². The van der Waals surface area contributed by atoms with E-state index in [1.54, 1.807) is 24.9 Å². The Morgan fingerprint density at radius 3 is 2.52 bits per heavy atom. The second-order valence-corrected chi connectivity index (χ2v) is 5.38. The van der Waals surface area contributed by atoms with Crippen LogP contribution in [0.15, 0.2) is 18.2 Å². The standard InChI is InChI=1S/C16H20N2O3/c1-9(2)14-11(7-6-10(3)15(14)21-5)13-8-12(16(19)20)17-18(13)4/h6-9H,1-5H3,(H,19,20). The zero-order valence-corrected chi connectivity index (χ0v) is 13.0. The number of rotatable bonds is 4. The second-order valence-electron chi connectivity index (χ2n) is 5.38. The van der Waals surface area contributed by atoms with Gasteiger partial charge in [0, 0.05) is 18.2 Å². The van der Waals surface area contributed by atoms with Crippen molar-refractivity contribution < 1.29 is 14.6 Å². The molecule has 0 amide bonds. The summed E-state index contributed by atoms with van der Waals surface area (Å²) < 4.78 is 7.14. The maximum absolute atomic E-state index is 11.1. The first-order chi connectivity index (χ1) is 9.86. The van der Waals surface area contributed by atoms with Crippen LogP contribution in [0, 0.1) is 6.92 Å². The average Bonchev–Trinajstić information content (AvgIpc) is 2.80. The topological polar surface area (TPSA) is 64.3 Å². The monoisotopic (exact) mass is 288 g/mol. The second kappa shape index (κ2) is 5.60. The molecule has 2 rings (SSSR count). The fraction of sp³-hybridized carbons (Fsp3) is 0.375. The first-order valence-corrected chi connectivity index (χ1v) is 6.82. The van der Waals surface area contributed by atoms with Crippen molar-refractivity contribution in [2.75, 3.05) is 7.11 Å². The predicted octanol–water partition coefficient (Wildman–Crippen LogP) is 3.23. The summed E-state index contributed by atoms with van der Waals surface area (Å²) >= 11 is 0. The van der Waals surface area contributed by atoms with Crippen molar-refractivity contribution in [1.29, 1.82) is 0 Å². The first kappa shape index (κ1) is 15.1. The molecule has 5 nitrogen and oxygen atoms in total. The summed E-state index contributed by atoms with van der Waals surface area (Å²) in [5.74, 6) is 0.0700. The number of hydrogen-bond donors (Lipinski definition) is 1. The third-order valence-corrected chi connectivity index (χ3v) is 3.55. The van der Waals surface area contributed by atoms with Crippen LogP contribution in [0.3, 0.4) is 0 Å². The van der Waals surface area contributed by atoms with E-state index in [1.807, 2.05) is 19.1 Å². The molecule has 0 saturated heterocycles. The summed E-state index contributed by atoms with van der Waals surface area (Å²) in [6, 6.07) is 5.57. The normalized spacial score (nSPS) is 11.0. The smallest absolute Gasteiger partial charge is 0.356 e. The minimum Gasteiger partial charge on any atom is -0.496 e. The van der Waals surface area contributed by atoms with Crippen LogP contribution in [0.4, 0.5) is 0 Å². The Kier molecular flexibility index (Phi) is 4.02. The van der Waals surface area contributed by atoms with E-state index in [1.165, 1.54) is 0 Å². The Morgan fingerprint density at radius 2 is 2.05 bits per heavy atom. The van der Waals surface area contributed by atoms with Crippen LogP contribution in [0.2, 0.25) is 0 Å². The zero-order chi connectivity index (χ0) is 15.7. The number of benzene rings is 1. The lowest BCUT2D eigenvalue weighted by molar-refractivity contribution is 0.0689. The Morgan fingerprint density at radius 1 is 1.38 bits per heavy atom. The SMILES string of the molecule is COc1c(C)ccc(-c2cc(C(=O)O)nn2C)c1C(C)C. The van der Waals surface area contributed by atoms with Gasteiger partial charge in [0.2, 0.25) is 0 Å². The lowest BCUT2D eigenvalue weighted by Crippen LogP contribution is -2.03. The van der Waals surface area contributed by atoms with Crippen molar-refractivity contribution in [3.05, 3.63) is 35.0 Å². The lowest BCUT2D eigenvalue weighted by atomic mass is 9.92. The summed E-state index contributed by atoms with van der Waals surface area (Å²) in [5.41, 5.74) is 3.90. The number of carbonyl (C=O) groups is 1. The lowest BCUT2D eigenvalue weighted by Gasteiger charge is -2.19. The molecule has 0 unspecified atom stereocenters. The van der Waals surface area contributed by atoms with Gasteiger partial charge in [-0.15, -0.1) is 0 Å². The molecule has 0 spiro atoms. The molecule has 1 aromatic heterocycles. The molecular weight excluding hydrogens is 268 g/mol. The van der Waals surface area contributed by atoms with E-state index in [0.29, 0.717) is 0 Å². The van der Waals surface area contributed by atoms with Crippen molar-refractivity contribution in [3.63, 3.8) is 0 Å². The first-order valence-electron chi connectivity index (χ1n) is 6.82. The fourth-order valence-electron chi connectivity index (χ4n) is 2.60. The zero-order valence-electron chi connectivity index (χ0n) is 13.0. The summed E-state index contributed by atoms with van der Waals surface area (Å²) in [6.45, 7) is 6.19. The van der Waals surface area contributed by atoms with E-state index < -0.39 is 5.97 Å². The molecule has 1 heterocycles. The molecule has 2 aromatic rings. The van der Waals surface area contributed by atoms with E-state index in [4.69, 9.17) is 9.84 Å². The third-order valence-electron chi connectivity index (χ3n) is 3.55. The maximum Gasteiger partial charge on any atom is 0.356 e. The van der Waals surface area contributed by atoms with Gasteiger partial charge in [0.05, 0.1) is 12.8 Å². The van der Waals surface area contributed by atoms with Crippen LogP contribution in [0.1, 0.15) is 41.4 Å². The summed E-state index contributed by atoms with van der Waals surface area (Å²) in [5, 5.41) is 13.1. The Bertz CT molecular complexity index is 687. The number of nitrogens with zero attached hydrogens (tertiary/aromatic N) is 2. The average molecular weight is 288 g/mol. The minimum absolute atomic E-state index is 0.0433. The Labute approximate surface area is 124 Å². The van der Waals surface area contributed by atoms with E-state index in [-0.39, 0.29) is 11.6 Å². The van der Waals surface area contributed by atoms with Crippen molar-refractivity contribution in [2.24, 2.45) is 7.05 Å². The highest BCUT2D eigenvalue weighted by molar-refractivity contribution is 5.87. The number of carboxylic acids is 1. The molecule has 0 aliphatic carbocycles. The van der Waals surface area contributed by atoms with E-state index in [2.05, 4.69) is 18.9 Å². The van der Waals surface area contributed by atoms with Crippen LogP contribution in [0.5, 0.6) is 5.75 Å². The molecule has 0 radical (unpaired) electrons. The van der Waals surface area contributed by atoms with Gasteiger partial charge in [-0.25, -0.2) is 4.79 Å². The highest BCUT2D eigenvalue weighted by atomic mass is 16.5. The van der Waals surface area contributed by atoms with Crippen molar-refractivity contribution in [2.45, 2.75) is 26.7 Å². The van der Waals surface area contributed by atoms with Crippen molar-refractivity contribution in [1.82, 2.24) is 9.78 Å². The van der Waals surface area contributed by atoms with Crippen LogP contribution in [0.25, 0.3) is 11.3 Å². The molecule has 0 aliphatic rings. The molecule has 0 atom stereocenters. The van der Waals surface area contributed by atoms with E-state index in [9.17, 15) is 4.79 Å². The van der Waals surface area contributed by atoms with Crippen LogP contribution in [-0.4, -0.2) is 28.0 Å². The van der Waals surface area contributed by atoms with Crippen LogP contribution in [-0.2, 0) is 7.05 Å². The molecule has 0 bridgehead atoms. The number of carboxylic acid groups (broad SMARTS) is 1. The minimum atomic E-state index is -1.03. The molecule has 1 aromatic carbocycles. The highest BCUT2D eigenvalue weighted by Gasteiger charge is 2.20. The van der Waals surface area contributed by atoms with Crippen molar-refractivity contribution in [3.8, 4) is 17.0 Å². The fourth-order valence-corrected chi connectivity index (χ4v) is 2.60. The Hall–Kier alpha value is -2.30. The van der Waals surface area contributed by atoms with E-state index in [0.717, 1.165) is 28.1 Å². The number of aryl methyl sites for hydroxylation is 2. The number of hydrogen-bond acceptors (Lipinski definition) is 3. The van der Waals surface area contributed by atoms with Gasteiger partial charge in [-0.3, -0.25) is 4.68 Å². The van der Waals surface area contributed by atoms with Crippen LogP contribution < -0.4 is 4.74 Å². The number of methoxy groups -OCH3 is 1. The van der Waals surface area contributed by atoms with Gasteiger partial charge in [0.15, 0.2) is 5.69 Å². The Balaban J connectivity index is 2.72. The van der Waals surface area contributed by atoms with Gasteiger partial charge in [0.1, 0.15) is 5.75 Å². The summed E-state index contributed by atoms with van der Waals surface area (Å²) in [7, 11) is 3.40. The number of ether oxygens (including phenoxy) is 1. The largest absolute Gasteiger partial charge is 0.496 e. The third kappa shape index (κ3) is 2.63. The van der Waals surface area contributed by atoms with Gasteiger partial charge in [-0.05, 0) is 24.5 Å². The number of aromatic nitrogens is 2. The molecule has 0 aliphatic heterocycles. The highest BCUT2D eigenvalue weighted by Crippen LogP contribution is 2.38. The maximum atomic E-state index is 11.1. The van der Waals surface area contributed by atoms with Gasteiger partial charge >= 0.3 is 5.97 Å². The van der Waals surface area contributed by atoms with Crippen LogP contribution >= 0.6 is 0 Å². The molecular formula is C16H20N2O3. The van der Waals surface area contributed by atoms with Gasteiger partial charge in [0.25, 0.3) is 0 Å². The predicted molar refractivity (Wildman–Crippen MR) is 81.0 cm³/mol. The molecule has 112 valence electrons. The quantitative estimate of drug-likeness (QED) is 0.938.